The summed E-state index contributed by atoms with van der Waals surface area (Å²) in [5.74, 6) is -0.541. The Morgan fingerprint density at radius 3 is 2.29 bits per heavy atom. The van der Waals surface area contributed by atoms with Gasteiger partial charge in [0.1, 0.15) is 18.2 Å². The third-order valence-corrected chi connectivity index (χ3v) is 5.88. The second-order valence-electron chi connectivity index (χ2n) is 7.91. The summed E-state index contributed by atoms with van der Waals surface area (Å²) in [6.07, 6.45) is 1.19. The summed E-state index contributed by atoms with van der Waals surface area (Å²) in [7, 11) is 0. The summed E-state index contributed by atoms with van der Waals surface area (Å²) in [5, 5.41) is 9.37. The van der Waals surface area contributed by atoms with Crippen molar-refractivity contribution in [2.75, 3.05) is 13.1 Å². The van der Waals surface area contributed by atoms with E-state index < -0.39 is 5.97 Å². The summed E-state index contributed by atoms with van der Waals surface area (Å²) in [4.78, 5) is 13.7. The Labute approximate surface area is 181 Å². The minimum absolute atomic E-state index is 0.137. The number of carboxylic acid groups (broad SMARTS) is 1. The van der Waals surface area contributed by atoms with Gasteiger partial charge in [-0.1, -0.05) is 60.7 Å². The van der Waals surface area contributed by atoms with Crippen molar-refractivity contribution in [2.24, 2.45) is 5.92 Å². The van der Waals surface area contributed by atoms with Crippen LogP contribution in [0.5, 0.6) is 5.75 Å². The van der Waals surface area contributed by atoms with E-state index >= 15 is 0 Å². The molecule has 1 atom stereocenters. The summed E-state index contributed by atoms with van der Waals surface area (Å²) in [6.45, 7) is 1.77. The van der Waals surface area contributed by atoms with E-state index in [0.717, 1.165) is 22.4 Å². The first-order chi connectivity index (χ1) is 15.1. The van der Waals surface area contributed by atoms with Gasteiger partial charge in [-0.2, -0.15) is 0 Å². The fourth-order valence-electron chi connectivity index (χ4n) is 4.21. The number of halogens is 1. The Morgan fingerprint density at radius 1 is 0.968 bits per heavy atom. The number of carboxylic acids is 1. The number of hydrogen-bond donors (Lipinski definition) is 1. The number of carbonyl (C=O) groups is 1. The van der Waals surface area contributed by atoms with Gasteiger partial charge in [-0.05, 0) is 55.3 Å². The minimum Gasteiger partial charge on any atom is -0.489 e. The van der Waals surface area contributed by atoms with Crippen LogP contribution in [0.25, 0.3) is 0 Å². The molecule has 31 heavy (non-hydrogen) atoms. The minimum atomic E-state index is -0.732. The van der Waals surface area contributed by atoms with Gasteiger partial charge < -0.3 is 9.84 Å². The topological polar surface area (TPSA) is 49.8 Å². The normalized spacial score (nSPS) is 16.0. The van der Waals surface area contributed by atoms with Crippen LogP contribution in [0.4, 0.5) is 4.39 Å². The van der Waals surface area contributed by atoms with Crippen molar-refractivity contribution in [1.29, 1.82) is 0 Å². The molecule has 4 rings (SSSR count). The van der Waals surface area contributed by atoms with Crippen molar-refractivity contribution in [1.82, 2.24) is 4.90 Å². The molecule has 1 saturated heterocycles. The van der Waals surface area contributed by atoms with Gasteiger partial charge in [0.05, 0.1) is 12.0 Å². The van der Waals surface area contributed by atoms with Crippen molar-refractivity contribution in [3.63, 3.8) is 0 Å². The van der Waals surface area contributed by atoms with Crippen molar-refractivity contribution in [2.45, 2.75) is 25.5 Å². The molecular weight excluding hydrogens is 393 g/mol. The van der Waals surface area contributed by atoms with E-state index in [1.54, 1.807) is 12.1 Å². The molecule has 0 aliphatic carbocycles. The van der Waals surface area contributed by atoms with E-state index in [0.29, 0.717) is 32.5 Å². The van der Waals surface area contributed by atoms with E-state index in [-0.39, 0.29) is 17.8 Å². The van der Waals surface area contributed by atoms with Gasteiger partial charge in [-0.25, -0.2) is 4.39 Å². The third kappa shape index (κ3) is 5.12. The standard InChI is InChI=1S/C26H26FNO3/c27-22-12-10-20(11-13-22)25(28-16-14-21(15-17-28)26(29)30)23-8-4-5-9-24(23)31-18-19-6-2-1-3-7-19/h1-13,21,25H,14-18H2,(H,29,30). The molecular formula is C26H26FNO3. The van der Waals surface area contributed by atoms with Gasteiger partial charge in [0.2, 0.25) is 0 Å². The van der Waals surface area contributed by atoms with Gasteiger partial charge >= 0.3 is 5.97 Å². The van der Waals surface area contributed by atoms with Crippen molar-refractivity contribution in [3.8, 4) is 5.75 Å². The fraction of sp³-hybridized carbons (Fsp3) is 0.269. The van der Waals surface area contributed by atoms with E-state index in [1.165, 1.54) is 12.1 Å². The van der Waals surface area contributed by atoms with Crippen LogP contribution in [0.1, 0.15) is 35.6 Å². The summed E-state index contributed by atoms with van der Waals surface area (Å²) < 4.78 is 19.8. The van der Waals surface area contributed by atoms with Crippen LogP contribution >= 0.6 is 0 Å². The SMILES string of the molecule is O=C(O)C1CCN(C(c2ccc(F)cc2)c2ccccc2OCc2ccccc2)CC1. The predicted octanol–water partition coefficient (Wildman–Crippen LogP) is 5.29. The highest BCUT2D eigenvalue weighted by molar-refractivity contribution is 5.70. The molecule has 0 bridgehead atoms. The number of para-hydroxylation sites is 1. The Morgan fingerprint density at radius 2 is 1.61 bits per heavy atom. The summed E-state index contributed by atoms with van der Waals surface area (Å²) >= 11 is 0. The number of ether oxygens (including phenoxy) is 1. The van der Waals surface area contributed by atoms with Gasteiger partial charge in [0.15, 0.2) is 0 Å². The largest absolute Gasteiger partial charge is 0.489 e. The molecule has 1 aliphatic heterocycles. The van der Waals surface area contributed by atoms with Gasteiger partial charge in [-0.3, -0.25) is 9.69 Å². The first-order valence-electron chi connectivity index (χ1n) is 10.6. The number of rotatable bonds is 7. The quantitative estimate of drug-likeness (QED) is 0.565. The fourth-order valence-corrected chi connectivity index (χ4v) is 4.21. The maximum Gasteiger partial charge on any atom is 0.306 e. The number of aliphatic carboxylic acids is 1. The van der Waals surface area contributed by atoms with E-state index in [1.807, 2.05) is 54.6 Å². The van der Waals surface area contributed by atoms with Crippen molar-refractivity contribution in [3.05, 3.63) is 101 Å². The van der Waals surface area contributed by atoms with Crippen LogP contribution in [0.3, 0.4) is 0 Å². The molecule has 1 unspecified atom stereocenters. The molecule has 0 aromatic heterocycles. The molecule has 0 radical (unpaired) electrons. The Kier molecular flexibility index (Phi) is 6.63. The number of piperidine rings is 1. The molecule has 0 spiro atoms. The monoisotopic (exact) mass is 419 g/mol. The number of nitrogens with zero attached hydrogens (tertiary/aromatic N) is 1. The Bertz CT molecular complexity index is 999. The first kappa shape index (κ1) is 21.1. The average Bonchev–Trinajstić information content (AvgIpc) is 2.81. The molecule has 3 aromatic rings. The van der Waals surface area contributed by atoms with Crippen LogP contribution in [0, 0.1) is 11.7 Å². The van der Waals surface area contributed by atoms with Gasteiger partial charge in [0, 0.05) is 5.56 Å². The average molecular weight is 419 g/mol. The molecule has 1 fully saturated rings. The molecule has 5 heteroatoms. The lowest BCUT2D eigenvalue weighted by atomic mass is 9.91. The van der Waals surface area contributed by atoms with Gasteiger partial charge in [0.25, 0.3) is 0 Å². The van der Waals surface area contributed by atoms with E-state index in [2.05, 4.69) is 4.90 Å². The number of hydrogen-bond acceptors (Lipinski definition) is 3. The van der Waals surface area contributed by atoms with E-state index in [9.17, 15) is 14.3 Å². The zero-order valence-electron chi connectivity index (χ0n) is 17.3. The first-order valence-corrected chi connectivity index (χ1v) is 10.6. The highest BCUT2D eigenvalue weighted by Gasteiger charge is 2.31. The molecule has 1 N–H and O–H groups in total. The smallest absolute Gasteiger partial charge is 0.306 e. The third-order valence-electron chi connectivity index (χ3n) is 5.88. The lowest BCUT2D eigenvalue weighted by Gasteiger charge is -2.37. The summed E-state index contributed by atoms with van der Waals surface area (Å²) in [6, 6.07) is 24.3. The highest BCUT2D eigenvalue weighted by Crippen LogP contribution is 2.37. The zero-order chi connectivity index (χ0) is 21.6. The molecule has 3 aromatic carbocycles. The molecule has 1 aliphatic rings. The van der Waals surface area contributed by atoms with Crippen molar-refractivity contribution < 1.29 is 19.0 Å². The second-order valence-corrected chi connectivity index (χ2v) is 7.91. The Balaban J connectivity index is 1.64. The maximum atomic E-state index is 13.6. The van der Waals surface area contributed by atoms with Crippen LogP contribution < -0.4 is 4.74 Å². The van der Waals surface area contributed by atoms with Crippen LogP contribution in [-0.2, 0) is 11.4 Å². The molecule has 160 valence electrons. The van der Waals surface area contributed by atoms with Gasteiger partial charge in [-0.15, -0.1) is 0 Å². The van der Waals surface area contributed by atoms with Crippen LogP contribution in [0.15, 0.2) is 78.9 Å². The molecule has 4 nitrogen and oxygen atoms in total. The zero-order valence-corrected chi connectivity index (χ0v) is 17.3. The number of likely N-dealkylation sites (tertiary alicyclic amines) is 1. The van der Waals surface area contributed by atoms with Crippen molar-refractivity contribution >= 4 is 5.97 Å². The van der Waals surface area contributed by atoms with Crippen LogP contribution in [-0.4, -0.2) is 29.1 Å². The predicted molar refractivity (Wildman–Crippen MR) is 117 cm³/mol. The number of benzene rings is 3. The molecule has 0 saturated carbocycles. The second kappa shape index (κ2) is 9.75. The molecule has 1 heterocycles. The lowest BCUT2D eigenvalue weighted by Crippen LogP contribution is -2.39. The lowest BCUT2D eigenvalue weighted by molar-refractivity contribution is -0.143. The molecule has 0 amide bonds. The highest BCUT2D eigenvalue weighted by atomic mass is 19.1. The van der Waals surface area contributed by atoms with Crippen LogP contribution in [0.2, 0.25) is 0 Å². The Hall–Kier alpha value is -3.18. The summed E-state index contributed by atoms with van der Waals surface area (Å²) in [5.41, 5.74) is 3.04. The maximum absolute atomic E-state index is 13.6. The van der Waals surface area contributed by atoms with E-state index in [4.69, 9.17) is 4.74 Å².